The maximum atomic E-state index is 14.2. The quantitative estimate of drug-likeness (QED) is 0.898. The van der Waals surface area contributed by atoms with Crippen molar-refractivity contribution >= 4 is 15.9 Å². The zero-order chi connectivity index (χ0) is 14.5. The normalized spacial score (nSPS) is 12.2. The fourth-order valence-electron chi connectivity index (χ4n) is 2.21. The second kappa shape index (κ2) is 6.86. The van der Waals surface area contributed by atoms with Crippen LogP contribution in [0.15, 0.2) is 46.9 Å². The van der Waals surface area contributed by atoms with Crippen molar-refractivity contribution < 1.29 is 9.13 Å². The summed E-state index contributed by atoms with van der Waals surface area (Å²) in [5, 5.41) is 0. The third kappa shape index (κ3) is 3.38. The van der Waals surface area contributed by atoms with Crippen LogP contribution in [0.25, 0.3) is 0 Å². The Kier molecular flexibility index (Phi) is 5.15. The topological polar surface area (TPSA) is 35.2 Å². The molecule has 106 valence electrons. The minimum Gasteiger partial charge on any atom is -0.494 e. The second-order valence-electron chi connectivity index (χ2n) is 4.62. The maximum Gasteiger partial charge on any atom is 0.168 e. The molecule has 0 heterocycles. The Labute approximate surface area is 126 Å². The van der Waals surface area contributed by atoms with E-state index in [0.717, 1.165) is 10.0 Å². The molecule has 4 heteroatoms. The van der Waals surface area contributed by atoms with Gasteiger partial charge in [0.1, 0.15) is 0 Å². The van der Waals surface area contributed by atoms with Crippen LogP contribution in [0.3, 0.4) is 0 Å². The van der Waals surface area contributed by atoms with Crippen molar-refractivity contribution in [2.24, 2.45) is 5.73 Å². The molecular weight excluding hydrogens is 321 g/mol. The van der Waals surface area contributed by atoms with E-state index in [0.29, 0.717) is 18.5 Å². The van der Waals surface area contributed by atoms with Crippen molar-refractivity contribution in [2.75, 3.05) is 13.7 Å². The van der Waals surface area contributed by atoms with Crippen molar-refractivity contribution in [3.8, 4) is 5.75 Å². The Bertz CT molecular complexity index is 571. The van der Waals surface area contributed by atoms with Gasteiger partial charge in [0.15, 0.2) is 11.6 Å². The molecule has 0 radical (unpaired) electrons. The molecule has 0 saturated carbocycles. The lowest BCUT2D eigenvalue weighted by molar-refractivity contribution is 0.383. The first kappa shape index (κ1) is 15.0. The number of hydrogen-bond donors (Lipinski definition) is 1. The zero-order valence-electron chi connectivity index (χ0n) is 11.3. The van der Waals surface area contributed by atoms with Gasteiger partial charge in [-0.1, -0.05) is 40.2 Å². The van der Waals surface area contributed by atoms with Gasteiger partial charge in [-0.15, -0.1) is 0 Å². The molecule has 0 aliphatic rings. The minimum atomic E-state index is -0.300. The lowest BCUT2D eigenvalue weighted by Crippen LogP contribution is -2.15. The van der Waals surface area contributed by atoms with Crippen LogP contribution in [0.1, 0.15) is 17.0 Å². The van der Waals surface area contributed by atoms with E-state index in [1.165, 1.54) is 7.11 Å². The molecule has 0 bridgehead atoms. The van der Waals surface area contributed by atoms with Crippen LogP contribution in [-0.2, 0) is 6.42 Å². The average molecular weight is 338 g/mol. The van der Waals surface area contributed by atoms with E-state index < -0.39 is 0 Å². The van der Waals surface area contributed by atoms with Gasteiger partial charge in [-0.2, -0.15) is 0 Å². The van der Waals surface area contributed by atoms with Crippen LogP contribution in [0, 0.1) is 5.82 Å². The lowest BCUT2D eigenvalue weighted by Gasteiger charge is -2.16. The molecule has 2 nitrogen and oxygen atoms in total. The van der Waals surface area contributed by atoms with Gasteiger partial charge in [-0.25, -0.2) is 4.39 Å². The summed E-state index contributed by atoms with van der Waals surface area (Å²) >= 11 is 3.41. The Morgan fingerprint density at radius 3 is 2.50 bits per heavy atom. The Morgan fingerprint density at radius 1 is 1.20 bits per heavy atom. The predicted octanol–water partition coefficient (Wildman–Crippen LogP) is 3.88. The van der Waals surface area contributed by atoms with Gasteiger partial charge in [0, 0.05) is 10.4 Å². The van der Waals surface area contributed by atoms with E-state index in [-0.39, 0.29) is 17.5 Å². The first-order valence-corrected chi connectivity index (χ1v) is 7.22. The molecule has 2 aromatic carbocycles. The maximum absolute atomic E-state index is 14.2. The van der Waals surface area contributed by atoms with E-state index >= 15 is 0 Å². The van der Waals surface area contributed by atoms with Gasteiger partial charge in [0.2, 0.25) is 0 Å². The van der Waals surface area contributed by atoms with Crippen molar-refractivity contribution in [3.05, 3.63) is 63.9 Å². The summed E-state index contributed by atoms with van der Waals surface area (Å²) in [6, 6.07) is 13.2. The van der Waals surface area contributed by atoms with Crippen molar-refractivity contribution in [2.45, 2.75) is 12.3 Å². The van der Waals surface area contributed by atoms with Crippen molar-refractivity contribution in [1.82, 2.24) is 0 Å². The molecule has 2 aromatic rings. The predicted molar refractivity (Wildman–Crippen MR) is 82.6 cm³/mol. The smallest absolute Gasteiger partial charge is 0.168 e. The highest BCUT2D eigenvalue weighted by atomic mass is 79.9. The van der Waals surface area contributed by atoms with Crippen LogP contribution in [0.4, 0.5) is 4.39 Å². The summed E-state index contributed by atoms with van der Waals surface area (Å²) in [5.74, 6) is 0.0596. The SMILES string of the molecule is COc1cccc(CC(CN)c2ccc(Br)cc2)c1F. The number of methoxy groups -OCH3 is 1. The van der Waals surface area contributed by atoms with Crippen LogP contribution >= 0.6 is 15.9 Å². The van der Waals surface area contributed by atoms with Crippen LogP contribution < -0.4 is 10.5 Å². The standard InChI is InChI=1S/C16H17BrFNO/c1-20-15-4-2-3-12(16(15)18)9-13(10-19)11-5-7-14(17)8-6-11/h2-8,13H,9-10,19H2,1H3. The molecule has 2 rings (SSSR count). The number of ether oxygens (including phenoxy) is 1. The van der Waals surface area contributed by atoms with Crippen LogP contribution in [0.5, 0.6) is 5.75 Å². The summed E-state index contributed by atoms with van der Waals surface area (Å²) in [5.41, 5.74) is 7.58. The molecule has 0 amide bonds. The van der Waals surface area contributed by atoms with Gasteiger partial charge < -0.3 is 10.5 Å². The van der Waals surface area contributed by atoms with Gasteiger partial charge in [0.05, 0.1) is 7.11 Å². The largest absolute Gasteiger partial charge is 0.494 e. The highest BCUT2D eigenvalue weighted by molar-refractivity contribution is 9.10. The minimum absolute atomic E-state index is 0.0877. The number of rotatable bonds is 5. The van der Waals surface area contributed by atoms with Gasteiger partial charge in [-0.3, -0.25) is 0 Å². The number of benzene rings is 2. The molecule has 0 fully saturated rings. The van der Waals surface area contributed by atoms with Gasteiger partial charge in [-0.05, 0) is 42.3 Å². The fourth-order valence-corrected chi connectivity index (χ4v) is 2.47. The highest BCUT2D eigenvalue weighted by Crippen LogP contribution is 2.26. The summed E-state index contributed by atoms with van der Waals surface area (Å²) in [7, 11) is 1.47. The summed E-state index contributed by atoms with van der Waals surface area (Å²) in [4.78, 5) is 0. The van der Waals surface area contributed by atoms with E-state index in [1.54, 1.807) is 18.2 Å². The van der Waals surface area contributed by atoms with E-state index in [2.05, 4.69) is 15.9 Å². The monoisotopic (exact) mass is 337 g/mol. The fraction of sp³-hybridized carbons (Fsp3) is 0.250. The number of halogens is 2. The van der Waals surface area contributed by atoms with E-state index in [4.69, 9.17) is 10.5 Å². The first-order valence-electron chi connectivity index (χ1n) is 6.42. The van der Waals surface area contributed by atoms with Crippen LogP contribution in [-0.4, -0.2) is 13.7 Å². The number of nitrogens with two attached hydrogens (primary N) is 1. The Morgan fingerprint density at radius 2 is 1.90 bits per heavy atom. The zero-order valence-corrected chi connectivity index (χ0v) is 12.9. The third-order valence-electron chi connectivity index (χ3n) is 3.36. The van der Waals surface area contributed by atoms with Crippen molar-refractivity contribution in [1.29, 1.82) is 0 Å². The van der Waals surface area contributed by atoms with Gasteiger partial charge >= 0.3 is 0 Å². The molecule has 0 aliphatic heterocycles. The van der Waals surface area contributed by atoms with E-state index in [1.807, 2.05) is 24.3 Å². The second-order valence-corrected chi connectivity index (χ2v) is 5.54. The molecular formula is C16H17BrFNO. The molecule has 1 unspecified atom stereocenters. The van der Waals surface area contributed by atoms with Gasteiger partial charge in [0.25, 0.3) is 0 Å². The summed E-state index contributed by atoms with van der Waals surface area (Å²) in [6.45, 7) is 0.471. The molecule has 0 aliphatic carbocycles. The molecule has 1 atom stereocenters. The molecule has 20 heavy (non-hydrogen) atoms. The lowest BCUT2D eigenvalue weighted by atomic mass is 9.92. The third-order valence-corrected chi connectivity index (χ3v) is 3.88. The molecule has 0 saturated heterocycles. The van der Waals surface area contributed by atoms with Crippen LogP contribution in [0.2, 0.25) is 0 Å². The summed E-state index contributed by atoms with van der Waals surface area (Å²) in [6.07, 6.45) is 0.557. The molecule has 0 spiro atoms. The Balaban J connectivity index is 2.24. The molecule has 0 aromatic heterocycles. The average Bonchev–Trinajstić information content (AvgIpc) is 2.47. The first-order chi connectivity index (χ1) is 9.65. The van der Waals surface area contributed by atoms with Crippen molar-refractivity contribution in [3.63, 3.8) is 0 Å². The number of hydrogen-bond acceptors (Lipinski definition) is 2. The Hall–Kier alpha value is -1.39. The van der Waals surface area contributed by atoms with E-state index in [9.17, 15) is 4.39 Å². The highest BCUT2D eigenvalue weighted by Gasteiger charge is 2.15. The molecule has 2 N–H and O–H groups in total. The summed E-state index contributed by atoms with van der Waals surface area (Å²) < 4.78 is 20.2.